The molecule has 0 bridgehead atoms. The Morgan fingerprint density at radius 1 is 1.25 bits per heavy atom. The van der Waals surface area contributed by atoms with Crippen LogP contribution >= 0.6 is 31.9 Å². The standard InChI is InChI=1S/C15H18Br2O3/c1-2-3-4-5-8-20-15-12(16)9-11(10-13(15)17)6-7-14(18)19/h6-7,9-10H,2-5,8H2,1H3,(H,18,19)/b7-6+. The maximum absolute atomic E-state index is 10.5. The van der Waals surface area contributed by atoms with Gasteiger partial charge in [0.1, 0.15) is 5.75 Å². The van der Waals surface area contributed by atoms with Crippen molar-refractivity contribution in [1.82, 2.24) is 0 Å². The maximum Gasteiger partial charge on any atom is 0.328 e. The van der Waals surface area contributed by atoms with Crippen LogP contribution in [0.2, 0.25) is 0 Å². The topological polar surface area (TPSA) is 46.5 Å². The van der Waals surface area contributed by atoms with Crippen molar-refractivity contribution in [3.8, 4) is 5.75 Å². The van der Waals surface area contributed by atoms with Crippen LogP contribution in [0.3, 0.4) is 0 Å². The summed E-state index contributed by atoms with van der Waals surface area (Å²) in [5.41, 5.74) is 0.796. The van der Waals surface area contributed by atoms with Gasteiger partial charge in [-0.25, -0.2) is 4.79 Å². The first kappa shape index (κ1) is 17.2. The first-order valence-corrected chi connectivity index (χ1v) is 8.16. The van der Waals surface area contributed by atoms with E-state index in [1.807, 2.05) is 12.1 Å². The fourth-order valence-electron chi connectivity index (χ4n) is 1.68. The van der Waals surface area contributed by atoms with Crippen molar-refractivity contribution in [2.45, 2.75) is 32.6 Å². The Bertz CT molecular complexity index is 461. The number of hydrogen-bond donors (Lipinski definition) is 1. The Morgan fingerprint density at radius 3 is 2.45 bits per heavy atom. The number of carbonyl (C=O) groups is 1. The highest BCUT2D eigenvalue weighted by molar-refractivity contribution is 9.11. The average Bonchev–Trinajstić information content (AvgIpc) is 2.38. The largest absolute Gasteiger partial charge is 0.491 e. The molecule has 1 aromatic carbocycles. The van der Waals surface area contributed by atoms with Crippen LogP contribution in [0, 0.1) is 0 Å². The molecule has 0 heterocycles. The van der Waals surface area contributed by atoms with Gasteiger partial charge in [0.25, 0.3) is 0 Å². The number of hydrogen-bond acceptors (Lipinski definition) is 2. The molecule has 0 amide bonds. The summed E-state index contributed by atoms with van der Waals surface area (Å²) >= 11 is 6.90. The number of rotatable bonds is 8. The molecule has 0 fully saturated rings. The van der Waals surface area contributed by atoms with Crippen LogP contribution in [0.4, 0.5) is 0 Å². The van der Waals surface area contributed by atoms with Gasteiger partial charge in [-0.2, -0.15) is 0 Å². The quantitative estimate of drug-likeness (QED) is 0.473. The molecule has 0 radical (unpaired) electrons. The molecule has 110 valence electrons. The van der Waals surface area contributed by atoms with E-state index in [9.17, 15) is 4.79 Å². The Hall–Kier alpha value is -0.810. The summed E-state index contributed by atoms with van der Waals surface area (Å²) in [6.07, 6.45) is 7.30. The summed E-state index contributed by atoms with van der Waals surface area (Å²) in [6.45, 7) is 2.86. The molecule has 5 heteroatoms. The third kappa shape index (κ3) is 6.09. The minimum absolute atomic E-state index is 0.682. The number of carboxylic acids is 1. The second-order valence-corrected chi connectivity index (χ2v) is 6.10. The SMILES string of the molecule is CCCCCCOc1c(Br)cc(/C=C/C(=O)O)cc1Br. The number of ether oxygens (including phenoxy) is 1. The van der Waals surface area contributed by atoms with E-state index in [2.05, 4.69) is 38.8 Å². The van der Waals surface area contributed by atoms with E-state index in [0.717, 1.165) is 32.8 Å². The molecular weight excluding hydrogens is 388 g/mol. The molecule has 0 unspecified atom stereocenters. The second-order valence-electron chi connectivity index (χ2n) is 4.39. The first-order chi connectivity index (χ1) is 9.54. The van der Waals surface area contributed by atoms with E-state index in [0.29, 0.717) is 6.61 Å². The van der Waals surface area contributed by atoms with Crippen molar-refractivity contribution in [3.05, 3.63) is 32.7 Å². The molecule has 0 saturated heterocycles. The van der Waals surface area contributed by atoms with Crippen molar-refractivity contribution in [3.63, 3.8) is 0 Å². The predicted molar refractivity (Wildman–Crippen MR) is 88.1 cm³/mol. The van der Waals surface area contributed by atoms with Gasteiger partial charge in [-0.3, -0.25) is 0 Å². The van der Waals surface area contributed by atoms with Crippen molar-refractivity contribution in [1.29, 1.82) is 0 Å². The van der Waals surface area contributed by atoms with Gasteiger partial charge >= 0.3 is 5.97 Å². The molecule has 0 spiro atoms. The number of carboxylic acid groups (broad SMARTS) is 1. The fraction of sp³-hybridized carbons (Fsp3) is 0.400. The van der Waals surface area contributed by atoms with Gasteiger partial charge in [-0.05, 0) is 62.1 Å². The van der Waals surface area contributed by atoms with E-state index in [4.69, 9.17) is 9.84 Å². The molecule has 0 saturated carbocycles. The Morgan fingerprint density at radius 2 is 1.90 bits per heavy atom. The van der Waals surface area contributed by atoms with E-state index < -0.39 is 5.97 Å². The molecule has 0 aliphatic rings. The van der Waals surface area contributed by atoms with Gasteiger partial charge < -0.3 is 9.84 Å². The fourth-order valence-corrected chi connectivity index (χ4v) is 3.13. The molecule has 0 aliphatic heterocycles. The van der Waals surface area contributed by atoms with Gasteiger partial charge in [-0.1, -0.05) is 26.2 Å². The molecule has 20 heavy (non-hydrogen) atoms. The molecule has 1 N–H and O–H groups in total. The predicted octanol–water partition coefficient (Wildman–Crippen LogP) is 5.27. The van der Waals surface area contributed by atoms with Crippen LogP contribution in [-0.4, -0.2) is 17.7 Å². The summed E-state index contributed by atoms with van der Waals surface area (Å²) < 4.78 is 7.39. The Kier molecular flexibility index (Phi) is 7.92. The number of aliphatic carboxylic acids is 1. The van der Waals surface area contributed by atoms with Crippen LogP contribution in [-0.2, 0) is 4.79 Å². The Labute approximate surface area is 136 Å². The molecule has 1 aromatic rings. The van der Waals surface area contributed by atoms with Gasteiger partial charge in [0, 0.05) is 6.08 Å². The minimum atomic E-state index is -0.964. The average molecular weight is 406 g/mol. The van der Waals surface area contributed by atoms with Gasteiger partial charge in [0.2, 0.25) is 0 Å². The highest BCUT2D eigenvalue weighted by Gasteiger charge is 2.08. The van der Waals surface area contributed by atoms with Crippen molar-refractivity contribution in [2.24, 2.45) is 0 Å². The molecule has 0 aliphatic carbocycles. The second kappa shape index (κ2) is 9.19. The van der Waals surface area contributed by atoms with E-state index in [-0.39, 0.29) is 0 Å². The lowest BCUT2D eigenvalue weighted by molar-refractivity contribution is -0.131. The van der Waals surface area contributed by atoms with Gasteiger partial charge in [0.05, 0.1) is 15.6 Å². The normalized spacial score (nSPS) is 10.9. The van der Waals surface area contributed by atoms with Crippen molar-refractivity contribution >= 4 is 43.9 Å². The summed E-state index contributed by atoms with van der Waals surface area (Å²) in [5.74, 6) is -0.206. The molecular formula is C15H18Br2O3. The Balaban J connectivity index is 2.66. The number of unbranched alkanes of at least 4 members (excludes halogenated alkanes) is 3. The lowest BCUT2D eigenvalue weighted by atomic mass is 10.2. The highest BCUT2D eigenvalue weighted by Crippen LogP contribution is 2.35. The molecule has 0 atom stereocenters. The van der Waals surface area contributed by atoms with E-state index in [1.165, 1.54) is 19.3 Å². The zero-order valence-corrected chi connectivity index (χ0v) is 14.5. The molecule has 0 aromatic heterocycles. The van der Waals surface area contributed by atoms with E-state index >= 15 is 0 Å². The van der Waals surface area contributed by atoms with E-state index in [1.54, 1.807) is 6.08 Å². The number of halogens is 2. The zero-order chi connectivity index (χ0) is 15.0. The molecule has 1 rings (SSSR count). The van der Waals surface area contributed by atoms with Crippen LogP contribution in [0.1, 0.15) is 38.2 Å². The summed E-state index contributed by atoms with van der Waals surface area (Å²) in [5, 5.41) is 8.62. The lowest BCUT2D eigenvalue weighted by Gasteiger charge is -2.11. The van der Waals surface area contributed by atoms with Gasteiger partial charge in [-0.15, -0.1) is 0 Å². The summed E-state index contributed by atoms with van der Waals surface area (Å²) in [4.78, 5) is 10.5. The zero-order valence-electron chi connectivity index (χ0n) is 11.4. The van der Waals surface area contributed by atoms with Crippen LogP contribution < -0.4 is 4.74 Å². The first-order valence-electron chi connectivity index (χ1n) is 6.57. The van der Waals surface area contributed by atoms with Crippen LogP contribution in [0.5, 0.6) is 5.75 Å². The minimum Gasteiger partial charge on any atom is -0.491 e. The third-order valence-electron chi connectivity index (χ3n) is 2.68. The molecule has 3 nitrogen and oxygen atoms in total. The van der Waals surface area contributed by atoms with Crippen LogP contribution in [0.25, 0.3) is 6.08 Å². The lowest BCUT2D eigenvalue weighted by Crippen LogP contribution is -1.99. The smallest absolute Gasteiger partial charge is 0.328 e. The third-order valence-corrected chi connectivity index (χ3v) is 3.86. The van der Waals surface area contributed by atoms with Crippen molar-refractivity contribution < 1.29 is 14.6 Å². The number of benzene rings is 1. The summed E-state index contributed by atoms with van der Waals surface area (Å²) in [7, 11) is 0. The highest BCUT2D eigenvalue weighted by atomic mass is 79.9. The monoisotopic (exact) mass is 404 g/mol. The maximum atomic E-state index is 10.5. The van der Waals surface area contributed by atoms with Gasteiger partial charge in [0.15, 0.2) is 0 Å². The summed E-state index contributed by atoms with van der Waals surface area (Å²) in [6, 6.07) is 3.68. The van der Waals surface area contributed by atoms with Crippen molar-refractivity contribution in [2.75, 3.05) is 6.61 Å². The van der Waals surface area contributed by atoms with Crippen LogP contribution in [0.15, 0.2) is 27.2 Å².